The molecule has 1 amide bonds. The molecule has 0 aliphatic carbocycles. The number of hydrogen-bond donors (Lipinski definition) is 1. The molecule has 21 heavy (non-hydrogen) atoms. The van der Waals surface area contributed by atoms with Crippen molar-refractivity contribution in [1.29, 1.82) is 0 Å². The van der Waals surface area contributed by atoms with E-state index in [9.17, 15) is 4.79 Å². The van der Waals surface area contributed by atoms with E-state index in [2.05, 4.69) is 10.5 Å². The van der Waals surface area contributed by atoms with Crippen LogP contribution in [0, 0.1) is 0 Å². The molecule has 0 fully saturated rings. The number of amides is 1. The van der Waals surface area contributed by atoms with E-state index < -0.39 is 5.91 Å². The number of carbonyl (C=O) groups excluding carboxylic acids is 1. The lowest BCUT2D eigenvalue weighted by molar-refractivity contribution is 0.0952. The molecule has 0 spiro atoms. The molecule has 6 heteroatoms. The highest BCUT2D eigenvalue weighted by Gasteiger charge is 2.12. The van der Waals surface area contributed by atoms with Crippen molar-refractivity contribution in [3.05, 3.63) is 63.6 Å². The maximum Gasteiger partial charge on any atom is 0.275 e. The number of methoxy groups -OCH3 is 1. The molecule has 0 radical (unpaired) electrons. The van der Waals surface area contributed by atoms with Gasteiger partial charge in [-0.3, -0.25) is 4.79 Å². The van der Waals surface area contributed by atoms with E-state index in [4.69, 9.17) is 27.9 Å². The number of hydrazone groups is 1. The molecule has 108 valence electrons. The third-order valence-corrected chi connectivity index (χ3v) is 3.26. The van der Waals surface area contributed by atoms with Crippen LogP contribution < -0.4 is 10.2 Å². The van der Waals surface area contributed by atoms with Crippen molar-refractivity contribution < 1.29 is 9.53 Å². The Morgan fingerprint density at radius 2 is 2.00 bits per heavy atom. The predicted octanol–water partition coefficient (Wildman–Crippen LogP) is 3.77. The van der Waals surface area contributed by atoms with Crippen molar-refractivity contribution in [1.82, 2.24) is 5.43 Å². The van der Waals surface area contributed by atoms with Gasteiger partial charge >= 0.3 is 0 Å². The molecule has 0 bridgehead atoms. The lowest BCUT2D eigenvalue weighted by Gasteiger charge is -2.07. The number of nitrogens with one attached hydrogen (secondary N) is 1. The van der Waals surface area contributed by atoms with Crippen molar-refractivity contribution in [2.75, 3.05) is 7.11 Å². The lowest BCUT2D eigenvalue weighted by Crippen LogP contribution is -2.18. The molecule has 0 heterocycles. The minimum Gasteiger partial charge on any atom is -0.496 e. The SMILES string of the molecule is COc1ccc(Cl)cc1C(=O)N/N=C/c1ccccc1Cl. The third-order valence-electron chi connectivity index (χ3n) is 2.68. The minimum absolute atomic E-state index is 0.307. The lowest BCUT2D eigenvalue weighted by atomic mass is 10.2. The summed E-state index contributed by atoms with van der Waals surface area (Å²) in [4.78, 5) is 12.1. The molecule has 0 saturated heterocycles. The molecule has 2 aromatic rings. The molecule has 0 aromatic heterocycles. The summed E-state index contributed by atoms with van der Waals surface area (Å²) in [6.07, 6.45) is 1.47. The normalized spacial score (nSPS) is 10.6. The highest BCUT2D eigenvalue weighted by Crippen LogP contribution is 2.22. The molecule has 2 rings (SSSR count). The van der Waals surface area contributed by atoms with Gasteiger partial charge in [0.05, 0.1) is 18.9 Å². The summed E-state index contributed by atoms with van der Waals surface area (Å²) >= 11 is 11.9. The van der Waals surface area contributed by atoms with Crippen LogP contribution in [-0.2, 0) is 0 Å². The predicted molar refractivity (Wildman–Crippen MR) is 84.5 cm³/mol. The first kappa shape index (κ1) is 15.4. The molecule has 0 saturated carbocycles. The Kier molecular flexibility index (Phi) is 5.20. The van der Waals surface area contributed by atoms with Gasteiger partial charge in [-0.1, -0.05) is 41.4 Å². The molecular formula is C15H12Cl2N2O2. The molecule has 0 unspecified atom stereocenters. The summed E-state index contributed by atoms with van der Waals surface area (Å²) in [6.45, 7) is 0. The van der Waals surface area contributed by atoms with Crippen molar-refractivity contribution >= 4 is 35.3 Å². The fourth-order valence-corrected chi connectivity index (χ4v) is 2.01. The summed E-state index contributed by atoms with van der Waals surface area (Å²) < 4.78 is 5.11. The molecule has 1 N–H and O–H groups in total. The monoisotopic (exact) mass is 322 g/mol. The van der Waals surface area contributed by atoms with Gasteiger partial charge in [0.1, 0.15) is 5.75 Å². The third kappa shape index (κ3) is 3.97. The van der Waals surface area contributed by atoms with Crippen LogP contribution in [0.3, 0.4) is 0 Å². The van der Waals surface area contributed by atoms with E-state index in [1.807, 2.05) is 12.1 Å². The first-order valence-electron chi connectivity index (χ1n) is 6.03. The fraction of sp³-hybridized carbons (Fsp3) is 0.0667. The van der Waals surface area contributed by atoms with Gasteiger partial charge < -0.3 is 4.74 Å². The number of nitrogens with zero attached hydrogens (tertiary/aromatic N) is 1. The summed E-state index contributed by atoms with van der Waals surface area (Å²) in [7, 11) is 1.48. The van der Waals surface area contributed by atoms with Gasteiger partial charge in [-0.2, -0.15) is 5.10 Å². The summed E-state index contributed by atoms with van der Waals surface area (Å²) in [5, 5.41) is 4.87. The van der Waals surface area contributed by atoms with Gasteiger partial charge in [0.15, 0.2) is 0 Å². The Bertz CT molecular complexity index is 687. The molecular weight excluding hydrogens is 311 g/mol. The number of ether oxygens (including phenoxy) is 1. The molecule has 2 aromatic carbocycles. The second kappa shape index (κ2) is 7.11. The quantitative estimate of drug-likeness (QED) is 0.688. The van der Waals surface area contributed by atoms with Gasteiger partial charge in [-0.25, -0.2) is 5.43 Å². The van der Waals surface area contributed by atoms with Crippen LogP contribution in [0.15, 0.2) is 47.6 Å². The van der Waals surface area contributed by atoms with Crippen molar-refractivity contribution in [3.63, 3.8) is 0 Å². The van der Waals surface area contributed by atoms with E-state index in [-0.39, 0.29) is 0 Å². The number of benzene rings is 2. The van der Waals surface area contributed by atoms with E-state index in [1.54, 1.807) is 24.3 Å². The standard InChI is InChI=1S/C15H12Cl2N2O2/c1-21-14-7-6-11(16)8-12(14)15(20)19-18-9-10-4-2-3-5-13(10)17/h2-9H,1H3,(H,19,20)/b18-9+. The first-order chi connectivity index (χ1) is 10.1. The zero-order valence-corrected chi connectivity index (χ0v) is 12.7. The summed E-state index contributed by atoms with van der Waals surface area (Å²) in [5.74, 6) is 0.00231. The van der Waals surface area contributed by atoms with E-state index >= 15 is 0 Å². The van der Waals surface area contributed by atoms with Crippen molar-refractivity contribution in [2.24, 2.45) is 5.10 Å². The average molecular weight is 323 g/mol. The largest absolute Gasteiger partial charge is 0.496 e. The second-order valence-electron chi connectivity index (χ2n) is 4.07. The van der Waals surface area contributed by atoms with Crippen LogP contribution in [0.2, 0.25) is 10.0 Å². The molecule has 0 aliphatic rings. The Morgan fingerprint density at radius 3 is 2.71 bits per heavy atom. The van der Waals surface area contributed by atoms with E-state index in [1.165, 1.54) is 19.4 Å². The molecule has 4 nitrogen and oxygen atoms in total. The maximum atomic E-state index is 12.1. The van der Waals surface area contributed by atoms with Crippen LogP contribution in [0.1, 0.15) is 15.9 Å². The Morgan fingerprint density at radius 1 is 1.24 bits per heavy atom. The van der Waals surface area contributed by atoms with E-state index in [0.717, 1.165) is 0 Å². The van der Waals surface area contributed by atoms with Crippen LogP contribution in [-0.4, -0.2) is 19.2 Å². The maximum absolute atomic E-state index is 12.1. The van der Waals surface area contributed by atoms with Crippen molar-refractivity contribution in [2.45, 2.75) is 0 Å². The van der Waals surface area contributed by atoms with Crippen molar-refractivity contribution in [3.8, 4) is 5.75 Å². The van der Waals surface area contributed by atoms with E-state index in [0.29, 0.717) is 26.9 Å². The van der Waals surface area contributed by atoms with Gasteiger partial charge in [0.2, 0.25) is 0 Å². The average Bonchev–Trinajstić information content (AvgIpc) is 2.49. The smallest absolute Gasteiger partial charge is 0.275 e. The summed E-state index contributed by atoms with van der Waals surface area (Å²) in [6, 6.07) is 12.0. The minimum atomic E-state index is -0.419. The van der Waals surface area contributed by atoms with Crippen LogP contribution in [0.5, 0.6) is 5.75 Å². The van der Waals surface area contributed by atoms with Crippen LogP contribution in [0.25, 0.3) is 0 Å². The highest BCUT2D eigenvalue weighted by atomic mass is 35.5. The van der Waals surface area contributed by atoms with Crippen LogP contribution in [0.4, 0.5) is 0 Å². The Balaban J connectivity index is 2.12. The number of rotatable bonds is 4. The number of halogens is 2. The molecule has 0 atom stereocenters. The van der Waals surface area contributed by atoms with Gasteiger partial charge in [0.25, 0.3) is 5.91 Å². The second-order valence-corrected chi connectivity index (χ2v) is 4.91. The highest BCUT2D eigenvalue weighted by molar-refractivity contribution is 6.33. The molecule has 0 aliphatic heterocycles. The number of hydrogen-bond acceptors (Lipinski definition) is 3. The Labute approximate surface area is 132 Å². The number of carbonyl (C=O) groups is 1. The first-order valence-corrected chi connectivity index (χ1v) is 6.79. The zero-order valence-electron chi connectivity index (χ0n) is 11.1. The summed E-state index contributed by atoms with van der Waals surface area (Å²) in [5.41, 5.74) is 3.42. The fourth-order valence-electron chi connectivity index (χ4n) is 1.66. The Hall–Kier alpha value is -2.04. The van der Waals surface area contributed by atoms with Gasteiger partial charge in [-0.05, 0) is 24.3 Å². The topological polar surface area (TPSA) is 50.7 Å². The van der Waals surface area contributed by atoms with Crippen LogP contribution >= 0.6 is 23.2 Å². The van der Waals surface area contributed by atoms with Gasteiger partial charge in [0, 0.05) is 15.6 Å². The zero-order chi connectivity index (χ0) is 15.2. The van der Waals surface area contributed by atoms with Gasteiger partial charge in [-0.15, -0.1) is 0 Å².